The van der Waals surface area contributed by atoms with E-state index in [-0.39, 0.29) is 30.2 Å². The van der Waals surface area contributed by atoms with E-state index in [1.165, 1.54) is 5.56 Å². The summed E-state index contributed by atoms with van der Waals surface area (Å²) in [5.41, 5.74) is 2.77. The van der Waals surface area contributed by atoms with Gasteiger partial charge in [-0.3, -0.25) is 4.79 Å². The number of hydrogen-bond acceptors (Lipinski definition) is 5. The van der Waals surface area contributed by atoms with Gasteiger partial charge in [-0.25, -0.2) is 9.78 Å². The first-order chi connectivity index (χ1) is 16.5. The minimum Gasteiger partial charge on any atom is -0.372 e. The number of ether oxygens (including phenoxy) is 1. The number of anilines is 2. The van der Waals surface area contributed by atoms with Crippen LogP contribution in [0.5, 0.6) is 0 Å². The van der Waals surface area contributed by atoms with Gasteiger partial charge in [-0.2, -0.15) is 0 Å². The number of piperidine rings is 1. The van der Waals surface area contributed by atoms with Crippen LogP contribution in [0.25, 0.3) is 0 Å². The largest absolute Gasteiger partial charge is 0.372 e. The van der Waals surface area contributed by atoms with E-state index in [2.05, 4.69) is 21.3 Å². The van der Waals surface area contributed by atoms with Gasteiger partial charge in [0.1, 0.15) is 5.82 Å². The summed E-state index contributed by atoms with van der Waals surface area (Å²) < 4.78 is 5.77. The topological polar surface area (TPSA) is 78.0 Å². The number of urea groups is 1. The lowest BCUT2D eigenvalue weighted by Gasteiger charge is -2.38. The van der Waals surface area contributed by atoms with Crippen LogP contribution < -0.4 is 10.2 Å². The molecule has 5 rings (SSSR count). The summed E-state index contributed by atoms with van der Waals surface area (Å²) in [4.78, 5) is 36.6. The molecule has 0 bridgehead atoms. The Kier molecular flexibility index (Phi) is 6.41. The predicted molar refractivity (Wildman–Crippen MR) is 131 cm³/mol. The molecule has 0 spiro atoms. The zero-order chi connectivity index (χ0) is 23.7. The maximum Gasteiger partial charge on any atom is 0.322 e. The molecule has 34 heavy (non-hydrogen) atoms. The Bertz CT molecular complexity index is 1040. The summed E-state index contributed by atoms with van der Waals surface area (Å²) in [6.07, 6.45) is 4.42. The zero-order valence-corrected chi connectivity index (χ0v) is 19.9. The second-order valence-corrected chi connectivity index (χ2v) is 9.62. The van der Waals surface area contributed by atoms with Gasteiger partial charge in [-0.15, -0.1) is 0 Å². The van der Waals surface area contributed by atoms with Crippen molar-refractivity contribution in [3.63, 3.8) is 0 Å². The third-order valence-electron chi connectivity index (χ3n) is 7.07. The maximum atomic E-state index is 13.1. The molecule has 8 heteroatoms. The SMILES string of the molecule is C[C@@H]1CN(C(=O)c2ccnc(N3CCC(N4CCc5ccccc5NC4=O)CC3)c2)C[C@H](C)O1. The average molecular weight is 464 g/mol. The number of benzene rings is 1. The van der Waals surface area contributed by atoms with Crippen molar-refractivity contribution in [3.05, 3.63) is 53.7 Å². The number of rotatable bonds is 3. The van der Waals surface area contributed by atoms with E-state index in [0.717, 1.165) is 50.4 Å². The molecular weight excluding hydrogens is 430 g/mol. The first kappa shape index (κ1) is 22.7. The number of nitrogens with zero attached hydrogens (tertiary/aromatic N) is 4. The van der Waals surface area contributed by atoms with Crippen LogP contribution in [0.3, 0.4) is 0 Å². The highest BCUT2D eigenvalue weighted by Crippen LogP contribution is 2.26. The van der Waals surface area contributed by atoms with Crippen LogP contribution in [-0.2, 0) is 11.2 Å². The zero-order valence-electron chi connectivity index (χ0n) is 19.9. The number of carbonyl (C=O) groups is 2. The molecule has 2 atom stereocenters. The molecule has 2 saturated heterocycles. The summed E-state index contributed by atoms with van der Waals surface area (Å²) in [5, 5.41) is 3.08. The first-order valence-corrected chi connectivity index (χ1v) is 12.3. The van der Waals surface area contributed by atoms with Crippen LogP contribution in [0.4, 0.5) is 16.3 Å². The van der Waals surface area contributed by atoms with Gasteiger partial charge in [0, 0.05) is 56.2 Å². The van der Waals surface area contributed by atoms with E-state index >= 15 is 0 Å². The highest BCUT2D eigenvalue weighted by Gasteiger charge is 2.31. The van der Waals surface area contributed by atoms with Crippen molar-refractivity contribution in [2.45, 2.75) is 51.4 Å². The van der Waals surface area contributed by atoms with Gasteiger partial charge < -0.3 is 24.8 Å². The second-order valence-electron chi connectivity index (χ2n) is 9.62. The summed E-state index contributed by atoms with van der Waals surface area (Å²) in [6.45, 7) is 7.55. The van der Waals surface area contributed by atoms with Crippen molar-refractivity contribution in [2.75, 3.05) is 42.9 Å². The Morgan fingerprint density at radius 2 is 1.79 bits per heavy atom. The molecule has 1 aromatic carbocycles. The molecule has 2 aromatic rings. The molecule has 0 unspecified atom stereocenters. The van der Waals surface area contributed by atoms with Gasteiger partial charge >= 0.3 is 6.03 Å². The van der Waals surface area contributed by atoms with Crippen molar-refractivity contribution in [2.24, 2.45) is 0 Å². The number of nitrogens with one attached hydrogen (secondary N) is 1. The highest BCUT2D eigenvalue weighted by molar-refractivity contribution is 5.95. The van der Waals surface area contributed by atoms with Gasteiger partial charge in [-0.05, 0) is 56.9 Å². The molecule has 0 aliphatic carbocycles. The molecular formula is C26H33N5O3. The Morgan fingerprint density at radius 1 is 1.06 bits per heavy atom. The summed E-state index contributed by atoms with van der Waals surface area (Å²) in [5.74, 6) is 0.854. The number of fused-ring (bicyclic) bond motifs is 1. The number of para-hydroxylation sites is 1. The van der Waals surface area contributed by atoms with Gasteiger partial charge in [0.2, 0.25) is 0 Å². The highest BCUT2D eigenvalue weighted by atomic mass is 16.5. The summed E-state index contributed by atoms with van der Waals surface area (Å²) in [6, 6.07) is 11.9. The number of morpholine rings is 1. The number of hydrogen-bond donors (Lipinski definition) is 1. The molecule has 2 fully saturated rings. The standard InChI is InChI=1S/C26H33N5O3/c1-18-16-30(17-19(2)34-18)25(32)21-7-11-27-24(15-21)29-12-9-22(10-13-29)31-14-8-20-5-3-4-6-23(20)28-26(31)33/h3-7,11,15,18-19,22H,8-10,12-14,16-17H2,1-2H3,(H,28,33)/t18-,19+. The van der Waals surface area contributed by atoms with Crippen molar-refractivity contribution in [1.82, 2.24) is 14.8 Å². The molecule has 3 aliphatic heterocycles. The first-order valence-electron chi connectivity index (χ1n) is 12.3. The number of carbonyl (C=O) groups excluding carboxylic acids is 2. The van der Waals surface area contributed by atoms with Gasteiger partial charge in [0.25, 0.3) is 5.91 Å². The van der Waals surface area contributed by atoms with Gasteiger partial charge in [0.05, 0.1) is 12.2 Å². The summed E-state index contributed by atoms with van der Waals surface area (Å²) in [7, 11) is 0. The lowest BCUT2D eigenvalue weighted by Crippen LogP contribution is -2.49. The smallest absolute Gasteiger partial charge is 0.322 e. The van der Waals surface area contributed by atoms with E-state index < -0.39 is 0 Å². The maximum absolute atomic E-state index is 13.1. The normalized spacial score (nSPS) is 23.8. The Labute approximate surface area is 200 Å². The van der Waals surface area contributed by atoms with Crippen molar-refractivity contribution >= 4 is 23.4 Å². The predicted octanol–water partition coefficient (Wildman–Crippen LogP) is 3.39. The number of aromatic nitrogens is 1. The summed E-state index contributed by atoms with van der Waals surface area (Å²) >= 11 is 0. The monoisotopic (exact) mass is 463 g/mol. The molecule has 1 aromatic heterocycles. The lowest BCUT2D eigenvalue weighted by atomic mass is 10.0. The molecule has 1 N–H and O–H groups in total. The second kappa shape index (κ2) is 9.62. The van der Waals surface area contributed by atoms with Crippen molar-refractivity contribution < 1.29 is 14.3 Å². The van der Waals surface area contributed by atoms with E-state index in [1.807, 2.05) is 47.9 Å². The molecule has 0 saturated carbocycles. The fourth-order valence-corrected chi connectivity index (χ4v) is 5.40. The van der Waals surface area contributed by atoms with Crippen molar-refractivity contribution in [1.29, 1.82) is 0 Å². The Balaban J connectivity index is 1.21. The number of pyridine rings is 1. The van der Waals surface area contributed by atoms with Crippen LogP contribution in [0.2, 0.25) is 0 Å². The molecule has 4 heterocycles. The van der Waals surface area contributed by atoms with Crippen LogP contribution in [0.1, 0.15) is 42.6 Å². The lowest BCUT2D eigenvalue weighted by molar-refractivity contribution is -0.0586. The minimum atomic E-state index is -0.0110. The molecule has 3 amide bonds. The molecule has 3 aliphatic rings. The number of amides is 3. The third-order valence-corrected chi connectivity index (χ3v) is 7.07. The molecule has 0 radical (unpaired) electrons. The van der Waals surface area contributed by atoms with Crippen LogP contribution in [-0.4, -0.2) is 77.7 Å². The average Bonchev–Trinajstić information content (AvgIpc) is 3.01. The fraction of sp³-hybridized carbons (Fsp3) is 0.500. The van der Waals surface area contributed by atoms with Crippen molar-refractivity contribution in [3.8, 4) is 0 Å². The Hall–Kier alpha value is -3.13. The fourth-order valence-electron chi connectivity index (χ4n) is 5.40. The minimum absolute atomic E-state index is 0.0110. The third kappa shape index (κ3) is 4.73. The van der Waals surface area contributed by atoms with E-state index in [1.54, 1.807) is 12.3 Å². The van der Waals surface area contributed by atoms with E-state index in [4.69, 9.17) is 4.74 Å². The van der Waals surface area contributed by atoms with E-state index in [0.29, 0.717) is 18.7 Å². The van der Waals surface area contributed by atoms with Gasteiger partial charge in [-0.1, -0.05) is 18.2 Å². The van der Waals surface area contributed by atoms with Crippen LogP contribution in [0.15, 0.2) is 42.6 Å². The quantitative estimate of drug-likeness (QED) is 0.755. The molecule has 180 valence electrons. The van der Waals surface area contributed by atoms with Crippen LogP contribution in [0, 0.1) is 0 Å². The molecule has 8 nitrogen and oxygen atoms in total. The van der Waals surface area contributed by atoms with E-state index in [9.17, 15) is 9.59 Å². The Morgan fingerprint density at radius 3 is 2.56 bits per heavy atom. The van der Waals surface area contributed by atoms with Crippen LogP contribution >= 0.6 is 0 Å². The van der Waals surface area contributed by atoms with Gasteiger partial charge in [0.15, 0.2) is 0 Å².